The van der Waals surface area contributed by atoms with E-state index in [2.05, 4.69) is 39.5 Å². The second kappa shape index (κ2) is 10.1. The van der Waals surface area contributed by atoms with Gasteiger partial charge in [0.05, 0.1) is 12.2 Å². The van der Waals surface area contributed by atoms with Crippen molar-refractivity contribution in [1.29, 1.82) is 0 Å². The van der Waals surface area contributed by atoms with Gasteiger partial charge >= 0.3 is 0 Å². The summed E-state index contributed by atoms with van der Waals surface area (Å²) in [4.78, 5) is 6.83. The van der Waals surface area contributed by atoms with E-state index in [1.807, 2.05) is 31.0 Å². The molecule has 1 aliphatic rings. The maximum absolute atomic E-state index is 4.28. The van der Waals surface area contributed by atoms with Gasteiger partial charge in [-0.05, 0) is 24.3 Å². The molecule has 0 amide bonds. The van der Waals surface area contributed by atoms with Gasteiger partial charge in [-0.25, -0.2) is 0 Å². The lowest BCUT2D eigenvalue weighted by Crippen LogP contribution is -2.45. The Morgan fingerprint density at radius 2 is 2.00 bits per heavy atom. The number of aliphatic imine (C=N–C) groups is 1. The Hall–Kier alpha value is -0.830. The van der Waals surface area contributed by atoms with Crippen molar-refractivity contribution < 1.29 is 0 Å². The maximum atomic E-state index is 4.28. The molecule has 6 nitrogen and oxygen atoms in total. The highest BCUT2D eigenvalue weighted by atomic mass is 127. The number of aryl methyl sites for hydroxylation is 1. The molecule has 2 unspecified atom stereocenters. The molecule has 0 saturated carbocycles. The van der Waals surface area contributed by atoms with E-state index in [0.717, 1.165) is 43.1 Å². The highest BCUT2D eigenvalue weighted by Crippen LogP contribution is 2.20. The quantitative estimate of drug-likeness (QED) is 0.421. The third-order valence-electron chi connectivity index (χ3n) is 4.25. The number of guanidine groups is 1. The third-order valence-corrected chi connectivity index (χ3v) is 4.25. The predicted octanol–water partition coefficient (Wildman–Crippen LogP) is 1.68. The molecule has 0 aliphatic carbocycles. The van der Waals surface area contributed by atoms with E-state index in [9.17, 15) is 0 Å². The number of likely N-dealkylation sites (tertiary alicyclic amines) is 1. The minimum absolute atomic E-state index is 0. The van der Waals surface area contributed by atoms with Gasteiger partial charge in [0.2, 0.25) is 0 Å². The summed E-state index contributed by atoms with van der Waals surface area (Å²) in [7, 11) is 3.76. The molecule has 2 rings (SSSR count). The largest absolute Gasteiger partial charge is 0.355 e. The molecule has 2 N–H and O–H groups in total. The molecule has 1 aromatic rings. The Labute approximate surface area is 157 Å². The van der Waals surface area contributed by atoms with Crippen LogP contribution in [0.15, 0.2) is 17.3 Å². The standard InChI is InChI=1S/C16H30N6.HI/c1-13-9-14(2)12-22(11-13)8-7-18-16(17-3)19-10-15-5-6-20-21(15)4;/h5-6,13-14H,7-12H2,1-4H3,(H2,17,18,19);1H. The Bertz CT molecular complexity index is 477. The van der Waals surface area contributed by atoms with Gasteiger partial charge in [-0.15, -0.1) is 24.0 Å². The van der Waals surface area contributed by atoms with Crippen LogP contribution in [-0.2, 0) is 13.6 Å². The van der Waals surface area contributed by atoms with Gasteiger partial charge < -0.3 is 15.5 Å². The van der Waals surface area contributed by atoms with E-state index in [0.29, 0.717) is 0 Å². The molecule has 0 aromatic carbocycles. The summed E-state index contributed by atoms with van der Waals surface area (Å²) in [6.45, 7) is 9.86. The van der Waals surface area contributed by atoms with Crippen molar-refractivity contribution in [2.24, 2.45) is 23.9 Å². The third kappa shape index (κ3) is 6.66. The van der Waals surface area contributed by atoms with Crippen molar-refractivity contribution in [2.75, 3.05) is 33.2 Å². The number of nitrogens with one attached hydrogen (secondary N) is 2. The monoisotopic (exact) mass is 434 g/mol. The topological polar surface area (TPSA) is 57.5 Å². The molecule has 2 atom stereocenters. The Kier molecular flexibility index (Phi) is 8.90. The summed E-state index contributed by atoms with van der Waals surface area (Å²) in [5.74, 6) is 2.47. The summed E-state index contributed by atoms with van der Waals surface area (Å²) in [5, 5.41) is 10.9. The molecule has 132 valence electrons. The molecule has 0 radical (unpaired) electrons. The first kappa shape index (κ1) is 20.2. The van der Waals surface area contributed by atoms with Crippen LogP contribution in [-0.4, -0.2) is 53.9 Å². The van der Waals surface area contributed by atoms with Crippen LogP contribution < -0.4 is 10.6 Å². The maximum Gasteiger partial charge on any atom is 0.191 e. The minimum atomic E-state index is 0. The first-order chi connectivity index (χ1) is 10.6. The zero-order chi connectivity index (χ0) is 15.9. The fourth-order valence-electron chi connectivity index (χ4n) is 3.28. The van der Waals surface area contributed by atoms with Crippen LogP contribution in [0.5, 0.6) is 0 Å². The number of nitrogens with zero attached hydrogens (tertiary/aromatic N) is 4. The summed E-state index contributed by atoms with van der Waals surface area (Å²) in [5.41, 5.74) is 1.14. The van der Waals surface area contributed by atoms with Crippen molar-refractivity contribution in [3.8, 4) is 0 Å². The Morgan fingerprint density at radius 1 is 1.30 bits per heavy atom. The number of piperidine rings is 1. The summed E-state index contributed by atoms with van der Waals surface area (Å²) in [6, 6.07) is 2.01. The van der Waals surface area contributed by atoms with Gasteiger partial charge in [-0.3, -0.25) is 9.67 Å². The lowest BCUT2D eigenvalue weighted by molar-refractivity contribution is 0.143. The first-order valence-electron chi connectivity index (χ1n) is 8.22. The highest BCUT2D eigenvalue weighted by molar-refractivity contribution is 14.0. The van der Waals surface area contributed by atoms with Crippen LogP contribution in [0.1, 0.15) is 26.0 Å². The van der Waals surface area contributed by atoms with Crippen molar-refractivity contribution in [1.82, 2.24) is 25.3 Å². The zero-order valence-electron chi connectivity index (χ0n) is 14.7. The van der Waals surface area contributed by atoms with E-state index in [1.54, 1.807) is 0 Å². The summed E-state index contributed by atoms with van der Waals surface area (Å²) < 4.78 is 1.87. The molecule has 1 fully saturated rings. The van der Waals surface area contributed by atoms with Crippen LogP contribution >= 0.6 is 24.0 Å². The van der Waals surface area contributed by atoms with Crippen LogP contribution in [0.2, 0.25) is 0 Å². The molecule has 1 saturated heterocycles. The van der Waals surface area contributed by atoms with E-state index in [-0.39, 0.29) is 24.0 Å². The van der Waals surface area contributed by atoms with Crippen molar-refractivity contribution >= 4 is 29.9 Å². The molecular weight excluding hydrogens is 403 g/mol. The molecule has 0 spiro atoms. The van der Waals surface area contributed by atoms with Crippen LogP contribution in [0, 0.1) is 11.8 Å². The van der Waals surface area contributed by atoms with E-state index >= 15 is 0 Å². The fraction of sp³-hybridized carbons (Fsp3) is 0.750. The lowest BCUT2D eigenvalue weighted by Gasteiger charge is -2.35. The molecule has 0 bridgehead atoms. The number of aromatic nitrogens is 2. The highest BCUT2D eigenvalue weighted by Gasteiger charge is 2.21. The zero-order valence-corrected chi connectivity index (χ0v) is 17.1. The van der Waals surface area contributed by atoms with E-state index < -0.39 is 0 Å². The number of hydrogen-bond acceptors (Lipinski definition) is 3. The van der Waals surface area contributed by atoms with Crippen LogP contribution in [0.4, 0.5) is 0 Å². The van der Waals surface area contributed by atoms with Crippen LogP contribution in [0.25, 0.3) is 0 Å². The van der Waals surface area contributed by atoms with Crippen molar-refractivity contribution in [3.63, 3.8) is 0 Å². The number of hydrogen-bond donors (Lipinski definition) is 2. The predicted molar refractivity (Wildman–Crippen MR) is 106 cm³/mol. The van der Waals surface area contributed by atoms with Gasteiger partial charge in [-0.1, -0.05) is 13.8 Å². The van der Waals surface area contributed by atoms with Gasteiger partial charge in [-0.2, -0.15) is 5.10 Å². The fourth-order valence-corrected chi connectivity index (χ4v) is 3.28. The minimum Gasteiger partial charge on any atom is -0.355 e. The van der Waals surface area contributed by atoms with E-state index in [4.69, 9.17) is 0 Å². The van der Waals surface area contributed by atoms with Gasteiger partial charge in [0.1, 0.15) is 0 Å². The second-order valence-electron chi connectivity index (χ2n) is 6.50. The van der Waals surface area contributed by atoms with E-state index in [1.165, 1.54) is 19.5 Å². The lowest BCUT2D eigenvalue weighted by atomic mass is 9.92. The number of halogens is 1. The molecular formula is C16H31IN6. The molecule has 1 aromatic heterocycles. The smallest absolute Gasteiger partial charge is 0.191 e. The molecule has 2 heterocycles. The molecule has 23 heavy (non-hydrogen) atoms. The van der Waals surface area contributed by atoms with Crippen molar-refractivity contribution in [2.45, 2.75) is 26.8 Å². The van der Waals surface area contributed by atoms with Gasteiger partial charge in [0, 0.05) is 46.5 Å². The van der Waals surface area contributed by atoms with Crippen molar-refractivity contribution in [3.05, 3.63) is 18.0 Å². The SMILES string of the molecule is CN=C(NCCN1CC(C)CC(C)C1)NCc1ccnn1C.I. The number of rotatable bonds is 5. The van der Waals surface area contributed by atoms with Gasteiger partial charge in [0.15, 0.2) is 5.96 Å². The summed E-state index contributed by atoms with van der Waals surface area (Å²) in [6.07, 6.45) is 3.17. The second-order valence-corrected chi connectivity index (χ2v) is 6.50. The van der Waals surface area contributed by atoms with Crippen LogP contribution in [0.3, 0.4) is 0 Å². The Balaban J connectivity index is 0.00000264. The molecule has 1 aliphatic heterocycles. The normalized spacial score (nSPS) is 22.5. The van der Waals surface area contributed by atoms with Gasteiger partial charge in [0.25, 0.3) is 0 Å². The summed E-state index contributed by atoms with van der Waals surface area (Å²) >= 11 is 0. The average molecular weight is 434 g/mol. The average Bonchev–Trinajstić information content (AvgIpc) is 2.87. The Morgan fingerprint density at radius 3 is 2.57 bits per heavy atom. The first-order valence-corrected chi connectivity index (χ1v) is 8.22. The molecule has 7 heteroatoms.